The zero-order valence-corrected chi connectivity index (χ0v) is 22.4. The number of carbonyl (C=O) groups excluding carboxylic acids is 4. The van der Waals surface area contributed by atoms with Gasteiger partial charge in [-0.1, -0.05) is 0 Å². The van der Waals surface area contributed by atoms with E-state index in [1.165, 1.54) is 0 Å². The van der Waals surface area contributed by atoms with E-state index < -0.39 is 35.3 Å². The molecule has 8 N–H and O–H groups in total. The van der Waals surface area contributed by atoms with Crippen molar-refractivity contribution in [2.24, 2.45) is 0 Å². The molecule has 0 heterocycles. The first-order chi connectivity index (χ1) is 11.6. The Morgan fingerprint density at radius 1 is 0.677 bits per heavy atom. The number of aliphatic carboxylic acids is 2. The van der Waals surface area contributed by atoms with Crippen LogP contribution in [0.2, 0.25) is 0 Å². The van der Waals surface area contributed by atoms with Gasteiger partial charge in [-0.15, -0.1) is 0 Å². The van der Waals surface area contributed by atoms with Gasteiger partial charge in [0, 0.05) is 37.9 Å². The van der Waals surface area contributed by atoms with Gasteiger partial charge < -0.3 is 77.0 Å². The van der Waals surface area contributed by atoms with Gasteiger partial charge in [-0.05, 0) is 41.5 Å². The Hall–Kier alpha value is -1.33. The second kappa shape index (κ2) is 23.3. The zero-order valence-electron chi connectivity index (χ0n) is 18.6. The third-order valence-corrected chi connectivity index (χ3v) is 1.99. The number of carboxylic acids is 2. The van der Waals surface area contributed by atoms with E-state index in [1.807, 2.05) is 0 Å². The zero-order chi connectivity index (χ0) is 21.0. The smallest absolute Gasteiger partial charge is 1.00 e. The average Bonchev–Trinajstić information content (AvgIpc) is 2.33. The number of rotatable bonds is 6. The molecule has 0 fully saturated rings. The van der Waals surface area contributed by atoms with Crippen LogP contribution in [-0.2, 0) is 40.1 Å². The molecule has 0 aromatic rings. The monoisotopic (exact) mass is 675 g/mol. The number of amides is 2. The van der Waals surface area contributed by atoms with Crippen LogP contribution in [0.3, 0.4) is 0 Å². The summed E-state index contributed by atoms with van der Waals surface area (Å²) in [5, 5.41) is 24.5. The second-order valence-corrected chi connectivity index (χ2v) is 7.10. The third kappa shape index (κ3) is 47.7. The largest absolute Gasteiger partial charge is 4.00 e. The summed E-state index contributed by atoms with van der Waals surface area (Å²) in [6.45, 7) is 10.4. The number of carbonyl (C=O) groups is 4. The molecule has 0 bridgehead atoms. The standard InChI is InChI=1S/2C8H15NO4.2ClH.2H3N.Pt/c2*1-8(2,3)13-7(12)9-5-4-6(10)11;;;;;/h2*4-5H2,1-3H3,(H,9,12)(H,10,11);2*1H;2*1H3;/q;;;;;;+4/p-4. The second-order valence-electron chi connectivity index (χ2n) is 7.10. The minimum Gasteiger partial charge on any atom is -1.00 e. The Balaban J connectivity index is -0.0000000640. The third-order valence-electron chi connectivity index (χ3n) is 1.99. The Morgan fingerprint density at radius 2 is 0.903 bits per heavy atom. The van der Waals surface area contributed by atoms with Crippen LogP contribution < -0.4 is 58.0 Å². The van der Waals surface area contributed by atoms with Gasteiger partial charge in [0.1, 0.15) is 11.2 Å². The van der Waals surface area contributed by atoms with Crippen LogP contribution in [0.5, 0.6) is 0 Å². The minimum absolute atomic E-state index is 0. The Morgan fingerprint density at radius 3 is 1.06 bits per heavy atom. The maximum Gasteiger partial charge on any atom is 4.00 e. The van der Waals surface area contributed by atoms with Gasteiger partial charge in [-0.2, -0.15) is 0 Å². The summed E-state index contributed by atoms with van der Waals surface area (Å²) in [6, 6.07) is 0. The molecule has 15 heteroatoms. The number of hydrogen-bond donors (Lipinski definition) is 4. The Bertz CT molecular complexity index is 457. The first-order valence-corrected chi connectivity index (χ1v) is 7.96. The van der Waals surface area contributed by atoms with Gasteiger partial charge in [-0.3, -0.25) is 0 Å². The van der Waals surface area contributed by atoms with Gasteiger partial charge in [0.15, 0.2) is 0 Å². The number of carboxylic acid groups (broad SMARTS) is 2. The minimum atomic E-state index is -1.20. The van der Waals surface area contributed by atoms with Crippen LogP contribution in [0, 0.1) is 0 Å². The number of nitrogens with one attached hydrogen (secondary N) is 2. The molecule has 0 aromatic carbocycles. The van der Waals surface area contributed by atoms with Crippen molar-refractivity contribution in [3.05, 3.63) is 0 Å². The van der Waals surface area contributed by atoms with E-state index in [4.69, 9.17) is 9.47 Å². The van der Waals surface area contributed by atoms with Crippen LogP contribution in [0.25, 0.3) is 0 Å². The molecule has 12 nitrogen and oxygen atoms in total. The number of alkyl carbamates (subject to hydrolysis) is 2. The van der Waals surface area contributed by atoms with Gasteiger partial charge >= 0.3 is 33.3 Å². The molecule has 31 heavy (non-hydrogen) atoms. The van der Waals surface area contributed by atoms with E-state index in [0.29, 0.717) is 0 Å². The van der Waals surface area contributed by atoms with Crippen molar-refractivity contribution >= 4 is 24.1 Å². The van der Waals surface area contributed by atoms with Crippen molar-refractivity contribution in [2.75, 3.05) is 13.1 Å². The fourth-order valence-electron chi connectivity index (χ4n) is 1.16. The maximum absolute atomic E-state index is 10.9. The first kappa shape index (κ1) is 47.5. The summed E-state index contributed by atoms with van der Waals surface area (Å²) in [4.78, 5) is 41.7. The van der Waals surface area contributed by atoms with Crippen LogP contribution in [-0.4, -0.2) is 48.4 Å². The van der Waals surface area contributed by atoms with Crippen LogP contribution in [0.4, 0.5) is 9.59 Å². The summed E-state index contributed by atoms with van der Waals surface area (Å²) < 4.78 is 9.71. The van der Waals surface area contributed by atoms with Gasteiger partial charge in [0.05, 0.1) is 0 Å². The van der Waals surface area contributed by atoms with E-state index in [9.17, 15) is 29.4 Å². The molecule has 0 atom stereocenters. The van der Waals surface area contributed by atoms with Crippen molar-refractivity contribution in [3.63, 3.8) is 0 Å². The van der Waals surface area contributed by atoms with Crippen LogP contribution in [0.1, 0.15) is 54.4 Å². The van der Waals surface area contributed by atoms with Gasteiger partial charge in [0.25, 0.3) is 0 Å². The normalized spacial score (nSPS) is 8.97. The van der Waals surface area contributed by atoms with Crippen molar-refractivity contribution in [3.8, 4) is 0 Å². The fraction of sp³-hybridized carbons (Fsp3) is 0.750. The molecule has 0 aliphatic rings. The van der Waals surface area contributed by atoms with Crippen molar-refractivity contribution in [1.82, 2.24) is 22.9 Å². The molecular weight excluding hydrogens is 642 g/mol. The van der Waals surface area contributed by atoms with Crippen LogP contribution in [0.15, 0.2) is 0 Å². The van der Waals surface area contributed by atoms with Crippen LogP contribution >= 0.6 is 0 Å². The molecule has 0 radical (unpaired) electrons. The molecule has 0 saturated heterocycles. The molecule has 0 unspecified atom stereocenters. The molecule has 0 saturated carbocycles. The number of halogens is 2. The number of ether oxygens (including phenoxy) is 2. The average molecular weight is 676 g/mol. The van der Waals surface area contributed by atoms with Crippen molar-refractivity contribution in [2.45, 2.75) is 65.6 Å². The van der Waals surface area contributed by atoms with Gasteiger partial charge in [-0.25, -0.2) is 9.59 Å². The summed E-state index contributed by atoms with van der Waals surface area (Å²) in [6.07, 6.45) is -1.65. The Kier molecular flexibility index (Phi) is 35.7. The maximum atomic E-state index is 10.9. The molecule has 0 aliphatic carbocycles. The molecule has 0 aromatic heterocycles. The Labute approximate surface area is 210 Å². The predicted molar refractivity (Wildman–Crippen MR) is 97.8 cm³/mol. The summed E-state index contributed by atoms with van der Waals surface area (Å²) in [5.41, 5.74) is -1.13. The fourth-order valence-corrected chi connectivity index (χ4v) is 1.16. The van der Waals surface area contributed by atoms with E-state index in [-0.39, 0.29) is 84.1 Å². The van der Waals surface area contributed by atoms with E-state index in [1.54, 1.807) is 41.5 Å². The van der Waals surface area contributed by atoms with Crippen molar-refractivity contribution < 1.29 is 84.7 Å². The molecular formula is C16H34Cl2N4O8Pt. The molecule has 0 aliphatic heterocycles. The quantitative estimate of drug-likeness (QED) is 0.208. The van der Waals surface area contributed by atoms with Crippen molar-refractivity contribution in [1.29, 1.82) is 0 Å². The SMILES string of the molecule is CC(C)(C)OC(=O)NCCC(=O)[O-].CC(C)(C)OC(=O)NCCC(=O)[O-].N.N.[Cl-].[Cl-].[Pt+4]. The molecule has 0 spiro atoms. The number of hydrogen-bond acceptors (Lipinski definition) is 10. The predicted octanol–water partition coefficient (Wildman–Crippen LogP) is -6.37. The van der Waals surface area contributed by atoms with E-state index in [0.717, 1.165) is 0 Å². The molecule has 0 rings (SSSR count). The van der Waals surface area contributed by atoms with Gasteiger partial charge in [0.2, 0.25) is 0 Å². The summed E-state index contributed by atoms with van der Waals surface area (Å²) in [7, 11) is 0. The summed E-state index contributed by atoms with van der Waals surface area (Å²) >= 11 is 0. The topological polar surface area (TPSA) is 227 Å². The summed E-state index contributed by atoms with van der Waals surface area (Å²) in [5.74, 6) is -2.40. The van der Waals surface area contributed by atoms with E-state index in [2.05, 4.69) is 10.6 Å². The molecule has 190 valence electrons. The van der Waals surface area contributed by atoms with E-state index >= 15 is 0 Å². The first-order valence-electron chi connectivity index (χ1n) is 7.96. The molecule has 2 amide bonds.